The van der Waals surface area contributed by atoms with Crippen molar-refractivity contribution in [1.82, 2.24) is 10.9 Å². The van der Waals surface area contributed by atoms with Crippen LogP contribution in [0.25, 0.3) is 0 Å². The number of hydrogen-bond donors (Lipinski definition) is 2. The SMILES string of the molecule is CCCCOc1ccc(C(=O)NNC(=O)C2CCCC(C(F)(F)F)C2)cc1OC. The highest BCUT2D eigenvalue weighted by molar-refractivity contribution is 5.96. The largest absolute Gasteiger partial charge is 0.493 e. The van der Waals surface area contributed by atoms with Gasteiger partial charge in [-0.25, -0.2) is 0 Å². The van der Waals surface area contributed by atoms with E-state index in [0.29, 0.717) is 30.9 Å². The molecule has 2 amide bonds. The zero-order valence-electron chi connectivity index (χ0n) is 16.6. The number of benzene rings is 1. The summed E-state index contributed by atoms with van der Waals surface area (Å²) >= 11 is 0. The average molecular weight is 416 g/mol. The molecule has 0 bridgehead atoms. The highest BCUT2D eigenvalue weighted by atomic mass is 19.4. The predicted molar refractivity (Wildman–Crippen MR) is 101 cm³/mol. The third-order valence-corrected chi connectivity index (χ3v) is 4.99. The lowest BCUT2D eigenvalue weighted by molar-refractivity contribution is -0.186. The van der Waals surface area contributed by atoms with E-state index in [1.54, 1.807) is 6.07 Å². The van der Waals surface area contributed by atoms with E-state index in [0.717, 1.165) is 12.8 Å². The first-order chi connectivity index (χ1) is 13.8. The molecule has 0 aliphatic heterocycles. The van der Waals surface area contributed by atoms with Crippen LogP contribution in [0.3, 0.4) is 0 Å². The molecule has 1 aromatic carbocycles. The monoisotopic (exact) mass is 416 g/mol. The summed E-state index contributed by atoms with van der Waals surface area (Å²) in [6, 6.07) is 4.59. The molecule has 0 aromatic heterocycles. The lowest BCUT2D eigenvalue weighted by Crippen LogP contribution is -2.46. The number of halogens is 3. The second kappa shape index (κ2) is 10.4. The predicted octanol–water partition coefficient (Wildman–Crippen LogP) is 4.00. The van der Waals surface area contributed by atoms with Crippen LogP contribution in [0.4, 0.5) is 13.2 Å². The van der Waals surface area contributed by atoms with Gasteiger partial charge in [0.1, 0.15) is 0 Å². The zero-order valence-corrected chi connectivity index (χ0v) is 16.6. The van der Waals surface area contributed by atoms with E-state index in [2.05, 4.69) is 10.9 Å². The number of amides is 2. The number of carbonyl (C=O) groups is 2. The van der Waals surface area contributed by atoms with Crippen LogP contribution < -0.4 is 20.3 Å². The normalized spacial score (nSPS) is 19.3. The fourth-order valence-electron chi connectivity index (χ4n) is 3.27. The summed E-state index contributed by atoms with van der Waals surface area (Å²) in [6.07, 6.45) is -1.98. The van der Waals surface area contributed by atoms with Crippen LogP contribution in [0.15, 0.2) is 18.2 Å². The Hall–Kier alpha value is -2.45. The third-order valence-electron chi connectivity index (χ3n) is 4.99. The van der Waals surface area contributed by atoms with Crippen molar-refractivity contribution >= 4 is 11.8 Å². The van der Waals surface area contributed by atoms with Gasteiger partial charge in [0.25, 0.3) is 5.91 Å². The number of rotatable bonds is 7. The fourth-order valence-corrected chi connectivity index (χ4v) is 3.27. The Morgan fingerprint density at radius 2 is 1.93 bits per heavy atom. The number of alkyl halides is 3. The van der Waals surface area contributed by atoms with Crippen LogP contribution in [-0.4, -0.2) is 31.7 Å². The smallest absolute Gasteiger partial charge is 0.391 e. The fraction of sp³-hybridized carbons (Fsp3) is 0.600. The summed E-state index contributed by atoms with van der Waals surface area (Å²) in [5.74, 6) is -2.59. The van der Waals surface area contributed by atoms with E-state index in [1.807, 2.05) is 6.92 Å². The first-order valence-electron chi connectivity index (χ1n) is 9.74. The van der Waals surface area contributed by atoms with Gasteiger partial charge in [-0.1, -0.05) is 19.8 Å². The molecule has 2 atom stereocenters. The van der Waals surface area contributed by atoms with Crippen molar-refractivity contribution in [2.24, 2.45) is 11.8 Å². The lowest BCUT2D eigenvalue weighted by Gasteiger charge is -2.29. The number of unbranched alkanes of at least 4 members (excludes halogenated alkanes) is 1. The highest BCUT2D eigenvalue weighted by Gasteiger charge is 2.43. The van der Waals surface area contributed by atoms with Gasteiger partial charge in [0, 0.05) is 11.5 Å². The van der Waals surface area contributed by atoms with Crippen molar-refractivity contribution in [3.8, 4) is 11.5 Å². The Morgan fingerprint density at radius 1 is 1.17 bits per heavy atom. The molecule has 2 unspecified atom stereocenters. The van der Waals surface area contributed by atoms with Gasteiger partial charge in [0.2, 0.25) is 5.91 Å². The van der Waals surface area contributed by atoms with Gasteiger partial charge in [0.15, 0.2) is 11.5 Å². The van der Waals surface area contributed by atoms with Gasteiger partial charge in [-0.2, -0.15) is 13.2 Å². The summed E-state index contributed by atoms with van der Waals surface area (Å²) in [7, 11) is 1.45. The molecule has 29 heavy (non-hydrogen) atoms. The number of hydrogen-bond acceptors (Lipinski definition) is 4. The Morgan fingerprint density at radius 3 is 2.59 bits per heavy atom. The molecule has 2 N–H and O–H groups in total. The molecule has 1 fully saturated rings. The molecule has 0 radical (unpaired) electrons. The first kappa shape index (κ1) is 22.8. The van der Waals surface area contributed by atoms with Crippen LogP contribution in [0.1, 0.15) is 55.8 Å². The summed E-state index contributed by atoms with van der Waals surface area (Å²) in [5.41, 5.74) is 4.72. The van der Waals surface area contributed by atoms with Crippen molar-refractivity contribution in [3.63, 3.8) is 0 Å². The van der Waals surface area contributed by atoms with Crippen LogP contribution in [-0.2, 0) is 4.79 Å². The van der Waals surface area contributed by atoms with Crippen molar-refractivity contribution in [1.29, 1.82) is 0 Å². The molecule has 1 aliphatic rings. The van der Waals surface area contributed by atoms with Gasteiger partial charge in [-0.15, -0.1) is 0 Å². The first-order valence-corrected chi connectivity index (χ1v) is 9.74. The molecule has 1 saturated carbocycles. The molecule has 0 heterocycles. The van der Waals surface area contributed by atoms with Crippen molar-refractivity contribution in [2.45, 2.75) is 51.6 Å². The third kappa shape index (κ3) is 6.54. The molecule has 0 spiro atoms. The average Bonchev–Trinajstić information content (AvgIpc) is 2.71. The number of methoxy groups -OCH3 is 1. The topological polar surface area (TPSA) is 76.7 Å². The van der Waals surface area contributed by atoms with Gasteiger partial charge in [-0.3, -0.25) is 20.4 Å². The zero-order chi connectivity index (χ0) is 21.4. The Labute approximate surface area is 168 Å². The maximum absolute atomic E-state index is 12.9. The van der Waals surface area contributed by atoms with Crippen LogP contribution in [0, 0.1) is 11.8 Å². The van der Waals surface area contributed by atoms with Crippen molar-refractivity contribution in [3.05, 3.63) is 23.8 Å². The standard InChI is InChI=1S/C20H27F3N2O4/c1-3-4-10-29-16-9-8-14(12-17(16)28-2)19(27)25-24-18(26)13-6-5-7-15(11-13)20(21,22)23/h8-9,12-13,15H,3-7,10-11H2,1-2H3,(H,24,26)(H,25,27). The summed E-state index contributed by atoms with van der Waals surface area (Å²) in [6.45, 7) is 2.56. The second-order valence-electron chi connectivity index (χ2n) is 7.11. The maximum Gasteiger partial charge on any atom is 0.391 e. The molecule has 9 heteroatoms. The second-order valence-corrected chi connectivity index (χ2v) is 7.11. The molecular weight excluding hydrogens is 389 g/mol. The Kier molecular flexibility index (Phi) is 8.16. The minimum atomic E-state index is -4.31. The number of carbonyl (C=O) groups excluding carboxylic acids is 2. The number of ether oxygens (including phenoxy) is 2. The molecular formula is C20H27F3N2O4. The van der Waals surface area contributed by atoms with Crippen molar-refractivity contribution < 1.29 is 32.2 Å². The molecule has 0 saturated heterocycles. The van der Waals surface area contributed by atoms with E-state index in [1.165, 1.54) is 19.2 Å². The van der Waals surface area contributed by atoms with E-state index in [9.17, 15) is 22.8 Å². The molecule has 162 valence electrons. The van der Waals surface area contributed by atoms with Gasteiger partial charge >= 0.3 is 6.18 Å². The van der Waals surface area contributed by atoms with Crippen LogP contribution >= 0.6 is 0 Å². The minimum Gasteiger partial charge on any atom is -0.493 e. The van der Waals surface area contributed by atoms with E-state index >= 15 is 0 Å². The van der Waals surface area contributed by atoms with Crippen molar-refractivity contribution in [2.75, 3.05) is 13.7 Å². The van der Waals surface area contributed by atoms with E-state index < -0.39 is 29.8 Å². The lowest BCUT2D eigenvalue weighted by atomic mass is 9.80. The quantitative estimate of drug-likeness (QED) is 0.520. The molecule has 1 aliphatic carbocycles. The van der Waals surface area contributed by atoms with Crippen LogP contribution in [0.5, 0.6) is 11.5 Å². The Bertz CT molecular complexity index is 709. The molecule has 2 rings (SSSR count). The molecule has 6 nitrogen and oxygen atoms in total. The highest BCUT2D eigenvalue weighted by Crippen LogP contribution is 2.39. The summed E-state index contributed by atoms with van der Waals surface area (Å²) < 4.78 is 49.5. The van der Waals surface area contributed by atoms with Gasteiger partial charge in [0.05, 0.1) is 19.6 Å². The van der Waals surface area contributed by atoms with E-state index in [-0.39, 0.29) is 18.4 Å². The minimum absolute atomic E-state index is 0.0338. The van der Waals surface area contributed by atoms with Gasteiger partial charge < -0.3 is 9.47 Å². The maximum atomic E-state index is 12.9. The summed E-state index contributed by atoms with van der Waals surface area (Å²) in [5, 5.41) is 0. The van der Waals surface area contributed by atoms with E-state index in [4.69, 9.17) is 9.47 Å². The molecule has 1 aromatic rings. The Balaban J connectivity index is 1.92. The van der Waals surface area contributed by atoms with Gasteiger partial charge in [-0.05, 0) is 43.9 Å². The number of nitrogens with one attached hydrogen (secondary N) is 2. The van der Waals surface area contributed by atoms with Crippen LogP contribution in [0.2, 0.25) is 0 Å². The summed E-state index contributed by atoms with van der Waals surface area (Å²) in [4.78, 5) is 24.5. The number of hydrazine groups is 1.